The van der Waals surface area contributed by atoms with Crippen LogP contribution in [0.4, 0.5) is 13.2 Å². The van der Waals surface area contributed by atoms with Gasteiger partial charge in [-0.05, 0) is 36.4 Å². The largest absolute Gasteiger partial charge is 0.497 e. The maximum atomic E-state index is 13.2. The Morgan fingerprint density at radius 2 is 1.77 bits per heavy atom. The number of pyridine rings is 1. The van der Waals surface area contributed by atoms with Gasteiger partial charge in [-0.1, -0.05) is 16.9 Å². The highest BCUT2D eigenvalue weighted by Gasteiger charge is 2.31. The monoisotopic (exact) mass is 448 g/mol. The third-order valence-electron chi connectivity index (χ3n) is 4.13. The minimum absolute atomic E-state index is 0.0972. The lowest BCUT2D eigenvalue weighted by Crippen LogP contribution is -2.19. The van der Waals surface area contributed by atoms with E-state index in [9.17, 15) is 13.2 Å². The number of halogens is 3. The van der Waals surface area contributed by atoms with Crippen molar-refractivity contribution in [2.75, 3.05) is 7.11 Å². The van der Waals surface area contributed by atoms with Crippen LogP contribution in [0.1, 0.15) is 5.82 Å². The van der Waals surface area contributed by atoms with Crippen LogP contribution in [0.15, 0.2) is 58.5 Å². The predicted molar refractivity (Wildman–Crippen MR) is 105 cm³/mol. The highest BCUT2D eigenvalue weighted by atomic mass is 32.2. The lowest BCUT2D eigenvalue weighted by atomic mass is 10.2. The van der Waals surface area contributed by atoms with Crippen molar-refractivity contribution in [2.45, 2.75) is 23.6 Å². The van der Waals surface area contributed by atoms with E-state index in [-0.39, 0.29) is 16.7 Å². The van der Waals surface area contributed by atoms with Crippen LogP contribution in [0, 0.1) is 0 Å². The molecule has 3 heterocycles. The summed E-state index contributed by atoms with van der Waals surface area (Å²) in [6, 6.07) is 10.2. The van der Waals surface area contributed by atoms with E-state index in [1.54, 1.807) is 43.5 Å². The first-order valence-corrected chi connectivity index (χ1v) is 9.91. The van der Waals surface area contributed by atoms with Crippen LogP contribution in [0.3, 0.4) is 0 Å². The van der Waals surface area contributed by atoms with Gasteiger partial charge >= 0.3 is 6.18 Å². The molecule has 3 aromatic heterocycles. The molecule has 0 unspecified atom stereocenters. The molecule has 0 aliphatic rings. The first-order chi connectivity index (χ1) is 14.9. The molecule has 0 N–H and O–H groups in total. The zero-order valence-electron chi connectivity index (χ0n) is 16.1. The lowest BCUT2D eigenvalue weighted by molar-refractivity contribution is -0.141. The van der Waals surface area contributed by atoms with E-state index in [0.717, 1.165) is 16.3 Å². The molecule has 0 aliphatic heterocycles. The van der Waals surface area contributed by atoms with Crippen molar-refractivity contribution in [3.8, 4) is 28.6 Å². The Morgan fingerprint density at radius 1 is 1.03 bits per heavy atom. The molecule has 12 heteroatoms. The summed E-state index contributed by atoms with van der Waals surface area (Å²) in [5, 5.41) is 11.9. The third-order valence-corrected chi connectivity index (χ3v) is 5.09. The van der Waals surface area contributed by atoms with Gasteiger partial charge in [-0.3, -0.25) is 9.55 Å². The van der Waals surface area contributed by atoms with Gasteiger partial charge in [0.1, 0.15) is 12.3 Å². The quantitative estimate of drug-likeness (QED) is 0.388. The number of rotatable bonds is 7. The third kappa shape index (κ3) is 5.02. The van der Waals surface area contributed by atoms with E-state index in [1.165, 1.54) is 12.4 Å². The van der Waals surface area contributed by atoms with E-state index in [2.05, 4.69) is 25.3 Å². The highest BCUT2D eigenvalue weighted by Crippen LogP contribution is 2.30. The molecule has 0 bridgehead atoms. The Labute approximate surface area is 178 Å². The number of alkyl halides is 3. The Morgan fingerprint density at radius 3 is 2.45 bits per heavy atom. The van der Waals surface area contributed by atoms with Crippen molar-refractivity contribution in [3.05, 3.63) is 54.6 Å². The number of ether oxygens (including phenoxy) is 1. The highest BCUT2D eigenvalue weighted by molar-refractivity contribution is 7.98. The van der Waals surface area contributed by atoms with Gasteiger partial charge in [-0.2, -0.15) is 18.2 Å². The zero-order valence-corrected chi connectivity index (χ0v) is 16.9. The minimum atomic E-state index is -4.44. The Bertz CT molecular complexity index is 1150. The van der Waals surface area contributed by atoms with Gasteiger partial charge in [-0.15, -0.1) is 10.2 Å². The summed E-state index contributed by atoms with van der Waals surface area (Å²) in [6.45, 7) is -1.22. The summed E-state index contributed by atoms with van der Waals surface area (Å²) in [6.07, 6.45) is -1.48. The molecule has 0 fully saturated rings. The maximum absolute atomic E-state index is 13.2. The van der Waals surface area contributed by atoms with Gasteiger partial charge in [0, 0.05) is 23.5 Å². The van der Waals surface area contributed by atoms with Crippen LogP contribution in [0.25, 0.3) is 22.8 Å². The molecule has 0 spiro atoms. The van der Waals surface area contributed by atoms with Crippen molar-refractivity contribution in [1.29, 1.82) is 0 Å². The second-order valence-electron chi connectivity index (χ2n) is 6.28. The van der Waals surface area contributed by atoms with Gasteiger partial charge in [0.25, 0.3) is 5.89 Å². The average Bonchev–Trinajstić information content (AvgIpc) is 3.39. The van der Waals surface area contributed by atoms with Crippen LogP contribution in [0.5, 0.6) is 5.75 Å². The van der Waals surface area contributed by atoms with Crippen molar-refractivity contribution in [1.82, 2.24) is 29.9 Å². The molecule has 4 rings (SSSR count). The fourth-order valence-electron chi connectivity index (χ4n) is 2.72. The van der Waals surface area contributed by atoms with E-state index in [1.807, 2.05) is 0 Å². The molecule has 0 saturated carbocycles. The van der Waals surface area contributed by atoms with E-state index in [0.29, 0.717) is 28.6 Å². The summed E-state index contributed by atoms with van der Waals surface area (Å²) in [7, 11) is 1.56. The average molecular weight is 448 g/mol. The normalized spacial score (nSPS) is 11.6. The smallest absolute Gasteiger partial charge is 0.406 e. The van der Waals surface area contributed by atoms with Crippen molar-refractivity contribution >= 4 is 11.8 Å². The van der Waals surface area contributed by atoms with E-state index >= 15 is 0 Å². The maximum Gasteiger partial charge on any atom is 0.406 e. The van der Waals surface area contributed by atoms with Gasteiger partial charge in [-0.25, -0.2) is 0 Å². The molecule has 0 atom stereocenters. The van der Waals surface area contributed by atoms with Crippen molar-refractivity contribution < 1.29 is 22.4 Å². The number of aromatic nitrogens is 6. The molecule has 1 aromatic carbocycles. The molecule has 0 amide bonds. The second-order valence-corrected chi connectivity index (χ2v) is 7.22. The summed E-state index contributed by atoms with van der Waals surface area (Å²) in [5.41, 5.74) is 1.18. The number of nitrogens with zero attached hydrogens (tertiary/aromatic N) is 6. The summed E-state index contributed by atoms with van der Waals surface area (Å²) in [4.78, 5) is 8.17. The lowest BCUT2D eigenvalue weighted by Gasteiger charge is -2.12. The van der Waals surface area contributed by atoms with Crippen molar-refractivity contribution in [2.24, 2.45) is 0 Å². The number of methoxy groups -OCH3 is 1. The number of hydrogen-bond donors (Lipinski definition) is 0. The SMILES string of the molecule is COc1ccc(-c2nc(CSc3nnc(-c4ccncc4)n3CC(F)(F)F)no2)cc1. The summed E-state index contributed by atoms with van der Waals surface area (Å²) < 4.78 is 50.8. The molecule has 31 heavy (non-hydrogen) atoms. The minimum Gasteiger partial charge on any atom is -0.497 e. The second kappa shape index (κ2) is 8.76. The predicted octanol–water partition coefficient (Wildman–Crippen LogP) is 4.25. The fourth-order valence-corrected chi connectivity index (χ4v) is 3.51. The standard InChI is InChI=1S/C19H15F3N6O2S/c1-29-14-4-2-13(3-5-14)17-24-15(27-30-17)10-31-18-26-25-16(12-6-8-23-9-7-12)28(18)11-19(20,21)22/h2-9H,10-11H2,1H3. The fraction of sp³-hybridized carbons (Fsp3) is 0.211. The first kappa shape index (κ1) is 20.8. The molecule has 160 valence electrons. The Hall–Kier alpha value is -3.41. The topological polar surface area (TPSA) is 91.8 Å². The van der Waals surface area contributed by atoms with Crippen LogP contribution in [-0.4, -0.2) is 43.2 Å². The van der Waals surface area contributed by atoms with E-state index < -0.39 is 12.7 Å². The van der Waals surface area contributed by atoms with Crippen LogP contribution in [-0.2, 0) is 12.3 Å². The van der Waals surface area contributed by atoms with Gasteiger partial charge in [0.05, 0.1) is 12.9 Å². The molecule has 8 nitrogen and oxygen atoms in total. The summed E-state index contributed by atoms with van der Waals surface area (Å²) >= 11 is 1.04. The molecule has 0 saturated heterocycles. The number of benzene rings is 1. The first-order valence-electron chi connectivity index (χ1n) is 8.93. The van der Waals surface area contributed by atoms with Crippen LogP contribution < -0.4 is 4.74 Å². The zero-order chi connectivity index (χ0) is 21.8. The molecule has 0 aliphatic carbocycles. The Balaban J connectivity index is 1.53. The Kier molecular flexibility index (Phi) is 5.89. The van der Waals surface area contributed by atoms with Crippen LogP contribution >= 0.6 is 11.8 Å². The molecular formula is C19H15F3N6O2S. The van der Waals surface area contributed by atoms with Crippen LogP contribution in [0.2, 0.25) is 0 Å². The van der Waals surface area contributed by atoms with Crippen molar-refractivity contribution in [3.63, 3.8) is 0 Å². The number of hydrogen-bond acceptors (Lipinski definition) is 8. The molecule has 0 radical (unpaired) electrons. The van der Waals surface area contributed by atoms with Gasteiger partial charge in [0.2, 0.25) is 0 Å². The number of thioether (sulfide) groups is 1. The van der Waals surface area contributed by atoms with E-state index in [4.69, 9.17) is 9.26 Å². The molecular weight excluding hydrogens is 433 g/mol. The van der Waals surface area contributed by atoms with Gasteiger partial charge < -0.3 is 9.26 Å². The summed E-state index contributed by atoms with van der Waals surface area (Å²) in [5.74, 6) is 1.57. The van der Waals surface area contributed by atoms with Gasteiger partial charge in [0.15, 0.2) is 16.8 Å². The molecule has 4 aromatic rings.